The molecule has 3 heterocycles. The number of allylic oxidation sites excluding steroid dienone is 2. The van der Waals surface area contributed by atoms with Crippen molar-refractivity contribution in [1.82, 2.24) is 20.5 Å². The van der Waals surface area contributed by atoms with Gasteiger partial charge in [0, 0.05) is 87.1 Å². The van der Waals surface area contributed by atoms with E-state index in [-0.39, 0.29) is 59.5 Å². The van der Waals surface area contributed by atoms with Gasteiger partial charge in [0.2, 0.25) is 12.2 Å². The third-order valence-corrected chi connectivity index (χ3v) is 14.9. The van der Waals surface area contributed by atoms with E-state index in [0.29, 0.717) is 91.6 Å². The number of fused-ring (bicyclic) bond motifs is 1. The Balaban J connectivity index is 1.13. The summed E-state index contributed by atoms with van der Waals surface area (Å²) in [5.74, 6) is -0.634. The highest BCUT2D eigenvalue weighted by Gasteiger charge is 2.44. The minimum absolute atomic E-state index is 0.0241. The topological polar surface area (TPSA) is 253 Å². The SMILES string of the molecule is CCCN(CCCC(C)(CN/C(C)=C(\C=N)c1ccc(N2CCc3cccc(C=O)c3C2)nc1C=O)CC1(C)CC(O)CC(C)(C)C1)C(=O)OC/C=C/c1ccc(OC2CC(O)CC(C(=O)O)O2)c(NC(=O)CCNC)c1. The highest BCUT2D eigenvalue weighted by Crippen LogP contribution is 2.52. The Bertz CT molecular complexity index is 2640. The van der Waals surface area contributed by atoms with Gasteiger partial charge in [-0.1, -0.05) is 65.0 Å². The second-order valence-corrected chi connectivity index (χ2v) is 22.6. The van der Waals surface area contributed by atoms with Crippen LogP contribution in [0.3, 0.4) is 0 Å². The number of benzene rings is 2. The Kier molecular flexibility index (Phi) is 21.1. The van der Waals surface area contributed by atoms with Gasteiger partial charge in [0.1, 0.15) is 30.2 Å². The van der Waals surface area contributed by atoms with E-state index in [4.69, 9.17) is 24.6 Å². The number of aliphatic hydroxyl groups excluding tert-OH is 2. The van der Waals surface area contributed by atoms with Gasteiger partial charge in [0.25, 0.3) is 0 Å². The molecule has 6 unspecified atom stereocenters. The molecular formula is C59H81N7O11. The molecule has 418 valence electrons. The summed E-state index contributed by atoms with van der Waals surface area (Å²) in [4.78, 5) is 71.2. The molecule has 1 aliphatic carbocycles. The molecule has 7 N–H and O–H groups in total. The molecular weight excluding hydrogens is 983 g/mol. The molecule has 3 aromatic rings. The van der Waals surface area contributed by atoms with Crippen molar-refractivity contribution >= 4 is 59.9 Å². The van der Waals surface area contributed by atoms with Crippen molar-refractivity contribution < 1.29 is 53.5 Å². The van der Waals surface area contributed by atoms with Crippen LogP contribution in [-0.2, 0) is 32.0 Å². The number of ether oxygens (including phenoxy) is 3. The summed E-state index contributed by atoms with van der Waals surface area (Å²) in [5, 5.41) is 48.9. The molecule has 3 aliphatic rings. The fourth-order valence-corrected chi connectivity index (χ4v) is 11.9. The zero-order valence-electron chi connectivity index (χ0n) is 46.0. The Morgan fingerprint density at radius 1 is 1.04 bits per heavy atom. The molecule has 18 nitrogen and oxygen atoms in total. The molecule has 0 bridgehead atoms. The van der Waals surface area contributed by atoms with Gasteiger partial charge in [-0.05, 0) is 129 Å². The van der Waals surface area contributed by atoms with E-state index < -0.39 is 36.7 Å². The molecule has 77 heavy (non-hydrogen) atoms. The van der Waals surface area contributed by atoms with Crippen molar-refractivity contribution in [2.45, 2.75) is 143 Å². The number of carboxylic acids is 1. The molecule has 18 heteroatoms. The molecule has 2 amide bonds. The quantitative estimate of drug-likeness (QED) is 0.0294. The number of anilines is 2. The zero-order chi connectivity index (χ0) is 55.9. The van der Waals surface area contributed by atoms with Crippen molar-refractivity contribution in [3.05, 3.63) is 93.8 Å². The molecule has 6 rings (SSSR count). The first-order valence-corrected chi connectivity index (χ1v) is 27.0. The summed E-state index contributed by atoms with van der Waals surface area (Å²) in [6, 6.07) is 14.5. The van der Waals surface area contributed by atoms with Crippen molar-refractivity contribution in [3.8, 4) is 5.75 Å². The van der Waals surface area contributed by atoms with Crippen LogP contribution in [0.25, 0.3) is 11.6 Å². The van der Waals surface area contributed by atoms with Crippen molar-refractivity contribution in [3.63, 3.8) is 0 Å². The highest BCUT2D eigenvalue weighted by molar-refractivity contribution is 6.11. The number of aliphatic carboxylic acids is 1. The number of carbonyl (C=O) groups is 5. The number of hydrogen-bond acceptors (Lipinski definition) is 15. The Morgan fingerprint density at radius 3 is 2.53 bits per heavy atom. The lowest BCUT2D eigenvalue weighted by Gasteiger charge is -2.49. The maximum Gasteiger partial charge on any atom is 0.410 e. The number of aldehydes is 2. The van der Waals surface area contributed by atoms with E-state index >= 15 is 0 Å². The molecule has 6 atom stereocenters. The third kappa shape index (κ3) is 16.8. The first-order chi connectivity index (χ1) is 36.7. The Morgan fingerprint density at radius 2 is 1.83 bits per heavy atom. The van der Waals surface area contributed by atoms with Crippen molar-refractivity contribution in [1.29, 1.82) is 5.41 Å². The van der Waals surface area contributed by atoms with Crippen molar-refractivity contribution in [2.75, 3.05) is 56.6 Å². The van der Waals surface area contributed by atoms with Gasteiger partial charge in [-0.3, -0.25) is 14.4 Å². The Labute approximate surface area is 453 Å². The second-order valence-electron chi connectivity index (χ2n) is 22.6. The van der Waals surface area contributed by atoms with Gasteiger partial charge in [0.05, 0.1) is 17.9 Å². The van der Waals surface area contributed by atoms with E-state index in [9.17, 15) is 39.3 Å². The average molecular weight is 1060 g/mol. The van der Waals surface area contributed by atoms with Crippen LogP contribution < -0.4 is 25.6 Å². The normalized spacial score (nSPS) is 22.2. The predicted molar refractivity (Wildman–Crippen MR) is 297 cm³/mol. The standard InChI is InChI=1S/C59H81N7O11/c1-8-23-65(56(74)75-26-10-12-40-15-17-50(48(27-40)64-53(71)19-22-61-7)76-54-29-43(69)28-51(77-54)55(72)73)24-11-21-58(5,37-59(6)31-44(70)30-57(3,4)36-59)38-62-39(2)46(32-60)45-16-18-52(63-49(45)35-68)66-25-20-41-13-9-14-42(34-67)47(41)33-66/h9-10,12-18,27,32,34-35,43-44,51,54,60-62,69-70H,8,11,19-26,28-31,33,36-38H2,1-7H3,(H,64,71)(H,72,73)/b12-10+,46-39+,60-32?. The molecule has 1 aromatic heterocycles. The fraction of sp³-hybridized carbons (Fsp3) is 0.542. The summed E-state index contributed by atoms with van der Waals surface area (Å²) in [5.41, 5.74) is 5.16. The van der Waals surface area contributed by atoms with Crippen LogP contribution in [0.2, 0.25) is 0 Å². The number of aliphatic hydroxyl groups is 2. The van der Waals surface area contributed by atoms with Crippen LogP contribution in [-0.4, -0.2) is 133 Å². The largest absolute Gasteiger partial charge is 0.479 e. The lowest BCUT2D eigenvalue weighted by atomic mass is 9.58. The maximum absolute atomic E-state index is 13.7. The fourth-order valence-electron chi connectivity index (χ4n) is 11.9. The third-order valence-electron chi connectivity index (χ3n) is 14.9. The van der Waals surface area contributed by atoms with Crippen molar-refractivity contribution in [2.24, 2.45) is 16.2 Å². The number of pyridine rings is 1. The number of hydrogen-bond donors (Lipinski definition) is 7. The number of amides is 2. The number of rotatable bonds is 26. The van der Waals surface area contributed by atoms with Gasteiger partial charge in [-0.25, -0.2) is 14.6 Å². The molecule has 2 fully saturated rings. The van der Waals surface area contributed by atoms with E-state index in [1.807, 2.05) is 44.2 Å². The maximum atomic E-state index is 13.7. The lowest BCUT2D eigenvalue weighted by molar-refractivity contribution is -0.195. The first-order valence-electron chi connectivity index (χ1n) is 27.0. The number of carboxylic acid groups (broad SMARTS) is 1. The van der Waals surface area contributed by atoms with Gasteiger partial charge in [-0.15, -0.1) is 0 Å². The van der Waals surface area contributed by atoms with Crippen LogP contribution >= 0.6 is 0 Å². The summed E-state index contributed by atoms with van der Waals surface area (Å²) in [6.45, 7) is 15.9. The molecule has 1 saturated carbocycles. The van der Waals surface area contributed by atoms with Gasteiger partial charge in [0.15, 0.2) is 12.4 Å². The van der Waals surface area contributed by atoms with Crippen LogP contribution in [0.4, 0.5) is 16.3 Å². The van der Waals surface area contributed by atoms with E-state index in [1.54, 1.807) is 42.3 Å². The molecule has 2 aliphatic heterocycles. The number of carbonyl (C=O) groups excluding carboxylic acids is 4. The lowest BCUT2D eigenvalue weighted by Crippen LogP contribution is -2.43. The smallest absolute Gasteiger partial charge is 0.410 e. The Hall–Kier alpha value is -6.47. The zero-order valence-corrected chi connectivity index (χ0v) is 46.0. The van der Waals surface area contributed by atoms with E-state index in [0.717, 1.165) is 62.2 Å². The summed E-state index contributed by atoms with van der Waals surface area (Å²) in [7, 11) is 1.74. The molecule has 0 radical (unpaired) electrons. The van der Waals surface area contributed by atoms with Gasteiger partial charge >= 0.3 is 12.1 Å². The minimum atomic E-state index is -1.24. The van der Waals surface area contributed by atoms with Gasteiger partial charge < -0.3 is 60.7 Å². The second kappa shape index (κ2) is 27.2. The number of aromatic nitrogens is 1. The monoisotopic (exact) mass is 1060 g/mol. The molecule has 1 saturated heterocycles. The summed E-state index contributed by atoms with van der Waals surface area (Å²) >= 11 is 0. The first kappa shape index (κ1) is 59.8. The van der Waals surface area contributed by atoms with Crippen LogP contribution in [0, 0.1) is 21.7 Å². The van der Waals surface area contributed by atoms with E-state index in [2.05, 4.69) is 48.5 Å². The molecule has 2 aromatic carbocycles. The average Bonchev–Trinajstić information content (AvgIpc) is 3.39. The van der Waals surface area contributed by atoms with Crippen LogP contribution in [0.1, 0.15) is 149 Å². The van der Waals surface area contributed by atoms with Gasteiger partial charge in [-0.2, -0.15) is 0 Å². The highest BCUT2D eigenvalue weighted by atomic mass is 16.7. The van der Waals surface area contributed by atoms with Crippen LogP contribution in [0.15, 0.2) is 60.3 Å². The summed E-state index contributed by atoms with van der Waals surface area (Å²) in [6.07, 6.45) is 8.36. The number of nitrogens with zero attached hydrogens (tertiary/aromatic N) is 3. The minimum Gasteiger partial charge on any atom is -0.479 e. The van der Waals surface area contributed by atoms with Crippen LogP contribution in [0.5, 0.6) is 5.75 Å². The number of nitrogens with one attached hydrogen (secondary N) is 4. The molecule has 0 spiro atoms. The summed E-state index contributed by atoms with van der Waals surface area (Å²) < 4.78 is 17.3. The van der Waals surface area contributed by atoms with E-state index in [1.165, 1.54) is 6.21 Å². The predicted octanol–water partition coefficient (Wildman–Crippen LogP) is 8.43.